The number of nitrogens with zero attached hydrogens (tertiary/aromatic N) is 2. The van der Waals surface area contributed by atoms with E-state index in [2.05, 4.69) is 48.4 Å². The van der Waals surface area contributed by atoms with Crippen molar-refractivity contribution in [3.8, 4) is 5.75 Å². The van der Waals surface area contributed by atoms with Crippen molar-refractivity contribution in [3.05, 3.63) is 59.9 Å². The summed E-state index contributed by atoms with van der Waals surface area (Å²) in [7, 11) is 4.15. The van der Waals surface area contributed by atoms with E-state index in [-0.39, 0.29) is 6.04 Å². The molecule has 0 fully saturated rings. The highest BCUT2D eigenvalue weighted by atomic mass is 16.5. The quantitative estimate of drug-likeness (QED) is 0.721. The Kier molecular flexibility index (Phi) is 7.04. The van der Waals surface area contributed by atoms with Crippen LogP contribution in [0.4, 0.5) is 0 Å². The molecule has 0 aliphatic rings. The van der Waals surface area contributed by atoms with Crippen molar-refractivity contribution in [2.24, 2.45) is 0 Å². The van der Waals surface area contributed by atoms with Crippen LogP contribution in [0.2, 0.25) is 0 Å². The van der Waals surface area contributed by atoms with Gasteiger partial charge >= 0.3 is 0 Å². The molecule has 23 heavy (non-hydrogen) atoms. The average Bonchev–Trinajstić information content (AvgIpc) is 2.58. The Balaban J connectivity index is 1.74. The molecule has 1 aromatic heterocycles. The van der Waals surface area contributed by atoms with Crippen molar-refractivity contribution in [1.82, 2.24) is 15.2 Å². The second-order valence-electron chi connectivity index (χ2n) is 6.01. The zero-order valence-electron chi connectivity index (χ0n) is 14.3. The van der Waals surface area contributed by atoms with Crippen LogP contribution < -0.4 is 10.1 Å². The van der Waals surface area contributed by atoms with Crippen LogP contribution in [0.5, 0.6) is 5.75 Å². The summed E-state index contributed by atoms with van der Waals surface area (Å²) in [6, 6.07) is 14.5. The number of rotatable bonds is 9. The van der Waals surface area contributed by atoms with Gasteiger partial charge in [-0.1, -0.05) is 18.2 Å². The molecule has 1 unspecified atom stereocenters. The van der Waals surface area contributed by atoms with E-state index in [9.17, 15) is 0 Å². The fraction of sp³-hybridized carbons (Fsp3) is 0.421. The van der Waals surface area contributed by atoms with Crippen molar-refractivity contribution in [1.29, 1.82) is 0 Å². The normalized spacial score (nSPS) is 12.3. The number of pyridine rings is 1. The maximum atomic E-state index is 5.75. The summed E-state index contributed by atoms with van der Waals surface area (Å²) in [5.74, 6) is 0.935. The summed E-state index contributed by atoms with van der Waals surface area (Å²) < 4.78 is 5.75. The molecule has 1 N–H and O–H groups in total. The van der Waals surface area contributed by atoms with E-state index >= 15 is 0 Å². The van der Waals surface area contributed by atoms with Crippen LogP contribution in [0, 0.1) is 0 Å². The van der Waals surface area contributed by atoms with E-state index in [0.717, 1.165) is 37.6 Å². The van der Waals surface area contributed by atoms with Crippen LogP contribution in [0.25, 0.3) is 0 Å². The number of aromatic nitrogens is 1. The van der Waals surface area contributed by atoms with Crippen LogP contribution >= 0.6 is 0 Å². The monoisotopic (exact) mass is 313 g/mol. The first-order valence-electron chi connectivity index (χ1n) is 8.16. The van der Waals surface area contributed by atoms with E-state index in [1.54, 1.807) is 0 Å². The summed E-state index contributed by atoms with van der Waals surface area (Å²) in [5, 5.41) is 3.49. The minimum atomic E-state index is 0.234. The highest BCUT2D eigenvalue weighted by Crippen LogP contribution is 2.14. The molecule has 4 heteroatoms. The van der Waals surface area contributed by atoms with Gasteiger partial charge in [-0.25, -0.2) is 0 Å². The second kappa shape index (κ2) is 9.28. The molecule has 0 saturated heterocycles. The molecular weight excluding hydrogens is 286 g/mol. The lowest BCUT2D eigenvalue weighted by Gasteiger charge is -2.14. The van der Waals surface area contributed by atoms with Gasteiger partial charge in [0.25, 0.3) is 0 Å². The Hall–Kier alpha value is -1.91. The van der Waals surface area contributed by atoms with Crippen LogP contribution in [0.1, 0.15) is 30.6 Å². The first kappa shape index (κ1) is 17.4. The van der Waals surface area contributed by atoms with Gasteiger partial charge in [-0.3, -0.25) is 4.98 Å². The molecule has 0 aliphatic heterocycles. The van der Waals surface area contributed by atoms with E-state index in [0.29, 0.717) is 0 Å². The van der Waals surface area contributed by atoms with Crippen LogP contribution in [0.3, 0.4) is 0 Å². The van der Waals surface area contributed by atoms with Gasteiger partial charge in [0.15, 0.2) is 0 Å². The first-order valence-corrected chi connectivity index (χ1v) is 8.16. The molecule has 0 bridgehead atoms. The summed E-state index contributed by atoms with van der Waals surface area (Å²) in [5.41, 5.74) is 2.31. The van der Waals surface area contributed by atoms with E-state index in [4.69, 9.17) is 4.74 Å². The fourth-order valence-electron chi connectivity index (χ4n) is 2.28. The summed E-state index contributed by atoms with van der Waals surface area (Å²) >= 11 is 0. The van der Waals surface area contributed by atoms with E-state index < -0.39 is 0 Å². The molecule has 124 valence electrons. The summed E-state index contributed by atoms with van der Waals surface area (Å²) in [6.07, 6.45) is 2.87. The molecule has 1 heterocycles. The van der Waals surface area contributed by atoms with Crippen molar-refractivity contribution >= 4 is 0 Å². The minimum absolute atomic E-state index is 0.234. The van der Waals surface area contributed by atoms with Crippen LogP contribution in [-0.4, -0.2) is 37.1 Å². The van der Waals surface area contributed by atoms with E-state index in [1.165, 1.54) is 5.56 Å². The Morgan fingerprint density at radius 2 is 1.91 bits per heavy atom. The third-order valence-electron chi connectivity index (χ3n) is 3.69. The number of benzene rings is 1. The number of ether oxygens (including phenoxy) is 1. The van der Waals surface area contributed by atoms with Crippen molar-refractivity contribution in [2.75, 3.05) is 27.2 Å². The topological polar surface area (TPSA) is 37.4 Å². The van der Waals surface area contributed by atoms with E-state index in [1.807, 2.05) is 36.5 Å². The molecule has 0 spiro atoms. The van der Waals surface area contributed by atoms with Gasteiger partial charge in [-0.15, -0.1) is 0 Å². The third-order valence-corrected chi connectivity index (χ3v) is 3.69. The zero-order chi connectivity index (χ0) is 16.5. The Morgan fingerprint density at radius 3 is 2.57 bits per heavy atom. The minimum Gasteiger partial charge on any atom is -0.494 e. The molecule has 1 aromatic carbocycles. The average molecular weight is 313 g/mol. The number of nitrogens with one attached hydrogen (secondary N) is 1. The van der Waals surface area contributed by atoms with Gasteiger partial charge in [0.1, 0.15) is 5.75 Å². The second-order valence-corrected chi connectivity index (χ2v) is 6.01. The Morgan fingerprint density at radius 1 is 1.13 bits per heavy atom. The summed E-state index contributed by atoms with van der Waals surface area (Å²) in [4.78, 5) is 6.54. The van der Waals surface area contributed by atoms with Gasteiger partial charge in [0.05, 0.1) is 12.3 Å². The van der Waals surface area contributed by atoms with Crippen molar-refractivity contribution in [2.45, 2.75) is 25.9 Å². The Bertz CT molecular complexity index is 555. The molecule has 2 aromatic rings. The van der Waals surface area contributed by atoms with Gasteiger partial charge in [-0.05, 0) is 57.3 Å². The highest BCUT2D eigenvalue weighted by molar-refractivity contribution is 5.27. The Labute approximate surface area is 139 Å². The van der Waals surface area contributed by atoms with Gasteiger partial charge < -0.3 is 15.0 Å². The predicted octanol–water partition coefficient (Wildman–Crippen LogP) is 3.26. The number of hydrogen-bond donors (Lipinski definition) is 1. The fourth-order valence-corrected chi connectivity index (χ4v) is 2.28. The van der Waals surface area contributed by atoms with Gasteiger partial charge in [-0.2, -0.15) is 0 Å². The predicted molar refractivity (Wildman–Crippen MR) is 94.6 cm³/mol. The van der Waals surface area contributed by atoms with Crippen LogP contribution in [-0.2, 0) is 6.54 Å². The molecule has 1 atom stereocenters. The lowest BCUT2D eigenvalue weighted by molar-refractivity contribution is 0.281. The smallest absolute Gasteiger partial charge is 0.119 e. The molecule has 0 radical (unpaired) electrons. The van der Waals surface area contributed by atoms with Gasteiger partial charge in [0, 0.05) is 25.3 Å². The number of hydrogen-bond acceptors (Lipinski definition) is 4. The summed E-state index contributed by atoms with van der Waals surface area (Å²) in [6.45, 7) is 4.75. The lowest BCUT2D eigenvalue weighted by atomic mass is 10.1. The third kappa shape index (κ3) is 6.38. The molecular formula is C19H27N3O. The van der Waals surface area contributed by atoms with Gasteiger partial charge in [0.2, 0.25) is 0 Å². The van der Waals surface area contributed by atoms with Crippen molar-refractivity contribution < 1.29 is 4.74 Å². The van der Waals surface area contributed by atoms with Crippen LogP contribution in [0.15, 0.2) is 48.7 Å². The molecule has 0 saturated carbocycles. The first-order chi connectivity index (χ1) is 11.1. The molecule has 0 aliphatic carbocycles. The molecule has 0 amide bonds. The maximum absolute atomic E-state index is 5.75. The highest BCUT2D eigenvalue weighted by Gasteiger charge is 2.05. The molecule has 2 rings (SSSR count). The maximum Gasteiger partial charge on any atom is 0.119 e. The SMILES string of the molecule is CC(NCc1ccc(OCCCN(C)C)cc1)c1ccccn1. The standard InChI is InChI=1S/C19H27N3O/c1-16(19-7-4-5-12-20-19)21-15-17-8-10-18(11-9-17)23-14-6-13-22(2)3/h4-5,7-12,16,21H,6,13-15H2,1-3H3. The largest absolute Gasteiger partial charge is 0.494 e. The molecule has 4 nitrogen and oxygen atoms in total. The van der Waals surface area contributed by atoms with Crippen molar-refractivity contribution in [3.63, 3.8) is 0 Å². The zero-order valence-corrected chi connectivity index (χ0v) is 14.3. The lowest BCUT2D eigenvalue weighted by Crippen LogP contribution is -2.18.